The number of aryl methyl sites for hydroxylation is 1. The van der Waals surface area contributed by atoms with Gasteiger partial charge in [0.2, 0.25) is 5.91 Å². The predicted octanol–water partition coefficient (Wildman–Crippen LogP) is 4.10. The van der Waals surface area contributed by atoms with Gasteiger partial charge < -0.3 is 20.1 Å². The van der Waals surface area contributed by atoms with E-state index in [0.717, 1.165) is 11.3 Å². The molecule has 128 valence electrons. The lowest BCUT2D eigenvalue weighted by Crippen LogP contribution is -2.32. The van der Waals surface area contributed by atoms with Crippen molar-refractivity contribution in [3.63, 3.8) is 0 Å². The zero-order valence-corrected chi connectivity index (χ0v) is 14.9. The zero-order valence-electron chi connectivity index (χ0n) is 14.1. The van der Waals surface area contributed by atoms with Crippen molar-refractivity contribution < 1.29 is 14.3 Å². The highest BCUT2D eigenvalue weighted by atomic mass is 35.5. The summed E-state index contributed by atoms with van der Waals surface area (Å²) in [6.07, 6.45) is 0. The number of carbonyl (C=O) groups is 1. The van der Waals surface area contributed by atoms with E-state index < -0.39 is 6.04 Å². The lowest BCUT2D eigenvalue weighted by atomic mass is 10.1. The number of methoxy groups -OCH3 is 2. The number of carbonyl (C=O) groups excluding carboxylic acids is 1. The molecule has 2 rings (SSSR count). The minimum Gasteiger partial charge on any atom is -0.493 e. The first-order valence-corrected chi connectivity index (χ1v) is 7.88. The number of ether oxygens (including phenoxy) is 2. The summed E-state index contributed by atoms with van der Waals surface area (Å²) >= 11 is 6.07. The third kappa shape index (κ3) is 4.11. The van der Waals surface area contributed by atoms with Gasteiger partial charge in [-0.2, -0.15) is 0 Å². The summed E-state index contributed by atoms with van der Waals surface area (Å²) in [5.41, 5.74) is 2.33. The van der Waals surface area contributed by atoms with Crippen LogP contribution in [-0.2, 0) is 4.79 Å². The van der Waals surface area contributed by atoms with Crippen LogP contribution in [0.1, 0.15) is 12.5 Å². The summed E-state index contributed by atoms with van der Waals surface area (Å²) in [5.74, 6) is 1.07. The van der Waals surface area contributed by atoms with Crippen molar-refractivity contribution in [3.05, 3.63) is 47.0 Å². The third-order valence-corrected chi connectivity index (χ3v) is 3.96. The molecule has 1 amide bonds. The van der Waals surface area contributed by atoms with Gasteiger partial charge in [-0.15, -0.1) is 0 Å². The van der Waals surface area contributed by atoms with E-state index in [1.54, 1.807) is 33.3 Å². The molecule has 0 heterocycles. The van der Waals surface area contributed by atoms with Gasteiger partial charge in [-0.3, -0.25) is 4.79 Å². The average molecular weight is 349 g/mol. The van der Waals surface area contributed by atoms with Crippen LogP contribution in [-0.4, -0.2) is 26.2 Å². The maximum atomic E-state index is 12.4. The summed E-state index contributed by atoms with van der Waals surface area (Å²) < 4.78 is 10.6. The first-order valence-electron chi connectivity index (χ1n) is 7.50. The Balaban J connectivity index is 2.13. The smallest absolute Gasteiger partial charge is 0.246 e. The van der Waals surface area contributed by atoms with Gasteiger partial charge in [-0.1, -0.05) is 23.7 Å². The number of hydrogen-bond donors (Lipinski definition) is 2. The van der Waals surface area contributed by atoms with Crippen molar-refractivity contribution in [1.29, 1.82) is 0 Å². The average Bonchev–Trinajstić information content (AvgIpc) is 2.58. The molecule has 0 aromatic heterocycles. The zero-order chi connectivity index (χ0) is 17.7. The van der Waals surface area contributed by atoms with Crippen LogP contribution in [0.4, 0.5) is 11.4 Å². The Morgan fingerprint density at radius 2 is 1.71 bits per heavy atom. The number of anilines is 2. The Morgan fingerprint density at radius 3 is 2.33 bits per heavy atom. The van der Waals surface area contributed by atoms with Gasteiger partial charge >= 0.3 is 0 Å². The second kappa shape index (κ2) is 7.93. The highest BCUT2D eigenvalue weighted by Gasteiger charge is 2.16. The minimum absolute atomic E-state index is 0.183. The molecule has 0 aliphatic heterocycles. The Bertz CT molecular complexity index is 734. The molecule has 0 fully saturated rings. The van der Waals surface area contributed by atoms with Crippen LogP contribution in [0.15, 0.2) is 36.4 Å². The van der Waals surface area contributed by atoms with Crippen LogP contribution in [0, 0.1) is 6.92 Å². The number of halogens is 1. The standard InChI is InChI=1S/C18H21ClN2O3/c1-11-9-16(23-3)17(24-4)10-15(11)20-12(2)18(22)21-14-8-6-5-7-13(14)19/h5-10,12,20H,1-4H3,(H,21,22). The van der Waals surface area contributed by atoms with Crippen molar-refractivity contribution in [2.24, 2.45) is 0 Å². The molecular weight excluding hydrogens is 328 g/mol. The van der Waals surface area contributed by atoms with Gasteiger partial charge in [-0.25, -0.2) is 0 Å². The molecule has 2 N–H and O–H groups in total. The number of benzene rings is 2. The normalized spacial score (nSPS) is 11.5. The quantitative estimate of drug-likeness (QED) is 0.825. The van der Waals surface area contributed by atoms with Gasteiger partial charge in [0, 0.05) is 11.8 Å². The van der Waals surface area contributed by atoms with E-state index >= 15 is 0 Å². The van der Waals surface area contributed by atoms with Crippen LogP contribution < -0.4 is 20.1 Å². The molecule has 0 aliphatic rings. The highest BCUT2D eigenvalue weighted by Crippen LogP contribution is 2.33. The number of nitrogens with one attached hydrogen (secondary N) is 2. The van der Waals surface area contributed by atoms with E-state index in [4.69, 9.17) is 21.1 Å². The largest absolute Gasteiger partial charge is 0.493 e. The predicted molar refractivity (Wildman–Crippen MR) is 97.4 cm³/mol. The fourth-order valence-corrected chi connectivity index (χ4v) is 2.42. The van der Waals surface area contributed by atoms with E-state index in [1.165, 1.54) is 0 Å². The number of rotatable bonds is 6. The van der Waals surface area contributed by atoms with E-state index in [0.29, 0.717) is 22.2 Å². The fraction of sp³-hybridized carbons (Fsp3) is 0.278. The topological polar surface area (TPSA) is 59.6 Å². The van der Waals surface area contributed by atoms with Crippen LogP contribution in [0.3, 0.4) is 0 Å². The molecule has 0 saturated heterocycles. The number of para-hydroxylation sites is 1. The van der Waals surface area contributed by atoms with Gasteiger partial charge in [0.25, 0.3) is 0 Å². The first kappa shape index (κ1) is 17.9. The fourth-order valence-electron chi connectivity index (χ4n) is 2.24. The molecule has 0 aliphatic carbocycles. The molecule has 0 radical (unpaired) electrons. The molecule has 2 aromatic carbocycles. The number of amides is 1. The SMILES string of the molecule is COc1cc(C)c(NC(C)C(=O)Nc2ccccc2Cl)cc1OC. The second-order valence-corrected chi connectivity index (χ2v) is 5.76. The molecular formula is C18H21ClN2O3. The van der Waals surface area contributed by atoms with Crippen LogP contribution in [0.25, 0.3) is 0 Å². The summed E-state index contributed by atoms with van der Waals surface area (Å²) in [6.45, 7) is 3.71. The molecule has 24 heavy (non-hydrogen) atoms. The van der Waals surface area contributed by atoms with E-state index in [9.17, 15) is 4.79 Å². The maximum absolute atomic E-state index is 12.4. The maximum Gasteiger partial charge on any atom is 0.246 e. The molecule has 0 spiro atoms. The molecule has 6 heteroatoms. The van der Waals surface area contributed by atoms with Gasteiger partial charge in [0.15, 0.2) is 11.5 Å². The van der Waals surface area contributed by atoms with E-state index in [-0.39, 0.29) is 5.91 Å². The van der Waals surface area contributed by atoms with Gasteiger partial charge in [-0.05, 0) is 37.6 Å². The summed E-state index contributed by atoms with van der Waals surface area (Å²) in [7, 11) is 3.16. The molecule has 0 bridgehead atoms. The lowest BCUT2D eigenvalue weighted by Gasteiger charge is -2.19. The third-order valence-electron chi connectivity index (χ3n) is 3.63. The molecule has 0 saturated carbocycles. The molecule has 2 aromatic rings. The van der Waals surface area contributed by atoms with Crippen molar-refractivity contribution >= 4 is 28.9 Å². The molecule has 1 unspecified atom stereocenters. The first-order chi connectivity index (χ1) is 11.5. The summed E-state index contributed by atoms with van der Waals surface area (Å²) in [5, 5.41) is 6.50. The lowest BCUT2D eigenvalue weighted by molar-refractivity contribution is -0.116. The van der Waals surface area contributed by atoms with Gasteiger partial charge in [0.1, 0.15) is 6.04 Å². The molecule has 1 atom stereocenters. The Kier molecular flexibility index (Phi) is 5.93. The van der Waals surface area contributed by atoms with Crippen molar-refractivity contribution in [2.45, 2.75) is 19.9 Å². The number of hydrogen-bond acceptors (Lipinski definition) is 4. The highest BCUT2D eigenvalue weighted by molar-refractivity contribution is 6.33. The van der Waals surface area contributed by atoms with Crippen LogP contribution in [0.5, 0.6) is 11.5 Å². The van der Waals surface area contributed by atoms with Crippen LogP contribution >= 0.6 is 11.6 Å². The Morgan fingerprint density at radius 1 is 1.08 bits per heavy atom. The van der Waals surface area contributed by atoms with Crippen LogP contribution in [0.2, 0.25) is 5.02 Å². The van der Waals surface area contributed by atoms with E-state index in [1.807, 2.05) is 31.2 Å². The second-order valence-electron chi connectivity index (χ2n) is 5.36. The Labute approximate surface area is 146 Å². The Hall–Kier alpha value is -2.40. The van der Waals surface area contributed by atoms with E-state index in [2.05, 4.69) is 10.6 Å². The van der Waals surface area contributed by atoms with Gasteiger partial charge in [0.05, 0.1) is 24.9 Å². The van der Waals surface area contributed by atoms with Crippen molar-refractivity contribution in [3.8, 4) is 11.5 Å². The summed E-state index contributed by atoms with van der Waals surface area (Å²) in [4.78, 5) is 12.4. The van der Waals surface area contributed by atoms with Crippen molar-refractivity contribution in [2.75, 3.05) is 24.9 Å². The molecule has 5 nitrogen and oxygen atoms in total. The summed E-state index contributed by atoms with van der Waals surface area (Å²) in [6, 6.07) is 10.3. The van der Waals surface area contributed by atoms with Crippen molar-refractivity contribution in [1.82, 2.24) is 0 Å². The minimum atomic E-state index is -0.460. The monoisotopic (exact) mass is 348 g/mol.